The summed E-state index contributed by atoms with van der Waals surface area (Å²) < 4.78 is 10.6. The van der Waals surface area contributed by atoms with Gasteiger partial charge in [0.15, 0.2) is 5.58 Å². The normalized spacial score (nSPS) is 16.2. The molecule has 0 radical (unpaired) electrons. The summed E-state index contributed by atoms with van der Waals surface area (Å²) in [5, 5.41) is 4.94. The predicted octanol–water partition coefficient (Wildman–Crippen LogP) is 2.26. The number of amides is 1. The van der Waals surface area contributed by atoms with Crippen molar-refractivity contribution in [3.63, 3.8) is 0 Å². The standard InChI is InChI=1S/C16H20N2O3/c1-18(11-12-6-8-20-9-7-12)16(19)10-14-13-4-2-3-5-15(13)21-17-14/h2-5,12H,6-11H2,1H3. The number of benzene rings is 1. The maximum absolute atomic E-state index is 12.3. The third-order valence-electron chi connectivity index (χ3n) is 4.07. The molecule has 5 heteroatoms. The van der Waals surface area contributed by atoms with Gasteiger partial charge >= 0.3 is 0 Å². The minimum atomic E-state index is 0.0838. The van der Waals surface area contributed by atoms with Gasteiger partial charge in [-0.2, -0.15) is 0 Å². The number of carbonyl (C=O) groups is 1. The van der Waals surface area contributed by atoms with Crippen LogP contribution in [0.3, 0.4) is 0 Å². The Morgan fingerprint density at radius 3 is 2.90 bits per heavy atom. The monoisotopic (exact) mass is 288 g/mol. The number of aromatic nitrogens is 1. The Bertz CT molecular complexity index is 617. The number of para-hydroxylation sites is 1. The zero-order valence-corrected chi connectivity index (χ0v) is 12.2. The van der Waals surface area contributed by atoms with Gasteiger partial charge in [0.25, 0.3) is 0 Å². The van der Waals surface area contributed by atoms with E-state index in [1.165, 1.54) is 0 Å². The lowest BCUT2D eigenvalue weighted by Gasteiger charge is -2.27. The Kier molecular flexibility index (Phi) is 4.20. The summed E-state index contributed by atoms with van der Waals surface area (Å²) in [6.45, 7) is 2.40. The van der Waals surface area contributed by atoms with Gasteiger partial charge < -0.3 is 14.2 Å². The van der Waals surface area contributed by atoms with E-state index in [1.54, 1.807) is 4.90 Å². The Labute approximate surface area is 123 Å². The van der Waals surface area contributed by atoms with E-state index in [9.17, 15) is 4.79 Å². The fraction of sp³-hybridized carbons (Fsp3) is 0.500. The van der Waals surface area contributed by atoms with Gasteiger partial charge in [-0.1, -0.05) is 17.3 Å². The van der Waals surface area contributed by atoms with Crippen LogP contribution in [0.15, 0.2) is 28.8 Å². The van der Waals surface area contributed by atoms with Crippen LogP contribution in [0.5, 0.6) is 0 Å². The average Bonchev–Trinajstić information content (AvgIpc) is 2.91. The molecule has 2 aromatic rings. The fourth-order valence-electron chi connectivity index (χ4n) is 2.76. The predicted molar refractivity (Wildman–Crippen MR) is 78.9 cm³/mol. The third-order valence-corrected chi connectivity index (χ3v) is 4.07. The van der Waals surface area contributed by atoms with Crippen LogP contribution in [0, 0.1) is 5.92 Å². The average molecular weight is 288 g/mol. The van der Waals surface area contributed by atoms with Crippen LogP contribution in [0.1, 0.15) is 18.5 Å². The number of carbonyl (C=O) groups excluding carboxylic acids is 1. The van der Waals surface area contributed by atoms with Crippen LogP contribution in [-0.4, -0.2) is 42.8 Å². The number of likely N-dealkylation sites (N-methyl/N-ethyl adjacent to an activating group) is 1. The third kappa shape index (κ3) is 3.24. The van der Waals surface area contributed by atoms with Gasteiger partial charge in [0, 0.05) is 32.2 Å². The molecule has 2 heterocycles. The second-order valence-corrected chi connectivity index (χ2v) is 5.63. The summed E-state index contributed by atoms with van der Waals surface area (Å²) in [5.41, 5.74) is 1.45. The van der Waals surface area contributed by atoms with Crippen molar-refractivity contribution in [2.75, 3.05) is 26.8 Å². The molecule has 1 aliphatic rings. The van der Waals surface area contributed by atoms with Crippen LogP contribution >= 0.6 is 0 Å². The highest BCUT2D eigenvalue weighted by atomic mass is 16.5. The molecule has 0 saturated carbocycles. The molecular weight excluding hydrogens is 268 g/mol. The van der Waals surface area contributed by atoms with E-state index in [1.807, 2.05) is 31.3 Å². The first-order valence-corrected chi connectivity index (χ1v) is 7.39. The van der Waals surface area contributed by atoms with Gasteiger partial charge in [-0.25, -0.2) is 0 Å². The molecule has 1 fully saturated rings. The van der Waals surface area contributed by atoms with Crippen LogP contribution in [0.4, 0.5) is 0 Å². The van der Waals surface area contributed by atoms with Crippen molar-refractivity contribution in [3.05, 3.63) is 30.0 Å². The molecule has 3 rings (SSSR count). The molecule has 1 aromatic carbocycles. The molecule has 0 unspecified atom stereocenters. The maximum atomic E-state index is 12.3. The molecule has 0 bridgehead atoms. The van der Waals surface area contributed by atoms with Crippen molar-refractivity contribution >= 4 is 16.9 Å². The topological polar surface area (TPSA) is 55.6 Å². The maximum Gasteiger partial charge on any atom is 0.228 e. The first kappa shape index (κ1) is 14.1. The molecule has 5 nitrogen and oxygen atoms in total. The molecule has 112 valence electrons. The smallest absolute Gasteiger partial charge is 0.228 e. The number of fused-ring (bicyclic) bond motifs is 1. The Balaban J connectivity index is 1.62. The molecule has 0 N–H and O–H groups in total. The zero-order chi connectivity index (χ0) is 14.7. The number of hydrogen-bond donors (Lipinski definition) is 0. The molecule has 1 aliphatic heterocycles. The summed E-state index contributed by atoms with van der Waals surface area (Å²) >= 11 is 0. The highest BCUT2D eigenvalue weighted by Crippen LogP contribution is 2.19. The minimum Gasteiger partial charge on any atom is -0.381 e. The van der Waals surface area contributed by atoms with Gasteiger partial charge in [0.05, 0.1) is 6.42 Å². The number of ether oxygens (including phenoxy) is 1. The van der Waals surface area contributed by atoms with Crippen molar-refractivity contribution in [2.45, 2.75) is 19.3 Å². The van der Waals surface area contributed by atoms with E-state index in [-0.39, 0.29) is 12.3 Å². The van der Waals surface area contributed by atoms with Crippen LogP contribution in [0.2, 0.25) is 0 Å². The van der Waals surface area contributed by atoms with Crippen molar-refractivity contribution in [1.82, 2.24) is 10.1 Å². The van der Waals surface area contributed by atoms with Gasteiger partial charge in [-0.3, -0.25) is 4.79 Å². The number of hydrogen-bond acceptors (Lipinski definition) is 4. The van der Waals surface area contributed by atoms with E-state index in [0.29, 0.717) is 5.92 Å². The molecular formula is C16H20N2O3. The minimum absolute atomic E-state index is 0.0838. The van der Waals surface area contributed by atoms with Crippen LogP contribution in [-0.2, 0) is 16.0 Å². The molecule has 0 atom stereocenters. The highest BCUT2D eigenvalue weighted by molar-refractivity contribution is 5.86. The van der Waals surface area contributed by atoms with Gasteiger partial charge in [0.1, 0.15) is 5.69 Å². The Morgan fingerprint density at radius 2 is 2.10 bits per heavy atom. The van der Waals surface area contributed by atoms with E-state index in [0.717, 1.165) is 49.3 Å². The van der Waals surface area contributed by atoms with E-state index >= 15 is 0 Å². The zero-order valence-electron chi connectivity index (χ0n) is 12.2. The lowest BCUT2D eigenvalue weighted by molar-refractivity contribution is -0.130. The summed E-state index contributed by atoms with van der Waals surface area (Å²) in [7, 11) is 1.86. The van der Waals surface area contributed by atoms with Crippen molar-refractivity contribution < 1.29 is 14.1 Å². The van der Waals surface area contributed by atoms with Crippen molar-refractivity contribution in [1.29, 1.82) is 0 Å². The molecule has 21 heavy (non-hydrogen) atoms. The van der Waals surface area contributed by atoms with E-state index < -0.39 is 0 Å². The van der Waals surface area contributed by atoms with Crippen LogP contribution < -0.4 is 0 Å². The number of rotatable bonds is 4. The molecule has 1 amide bonds. The van der Waals surface area contributed by atoms with Gasteiger partial charge in [0.2, 0.25) is 5.91 Å². The second kappa shape index (κ2) is 6.26. The van der Waals surface area contributed by atoms with E-state index in [2.05, 4.69) is 5.16 Å². The lowest BCUT2D eigenvalue weighted by atomic mass is 10.00. The molecule has 1 aromatic heterocycles. The molecule has 0 aliphatic carbocycles. The Hall–Kier alpha value is -1.88. The summed E-state index contributed by atoms with van der Waals surface area (Å²) in [6, 6.07) is 7.63. The quantitative estimate of drug-likeness (QED) is 0.866. The summed E-state index contributed by atoms with van der Waals surface area (Å²) in [5.74, 6) is 0.627. The lowest BCUT2D eigenvalue weighted by Crippen LogP contribution is -2.35. The van der Waals surface area contributed by atoms with E-state index in [4.69, 9.17) is 9.26 Å². The Morgan fingerprint density at radius 1 is 1.33 bits per heavy atom. The summed E-state index contributed by atoms with van der Waals surface area (Å²) in [4.78, 5) is 14.1. The highest BCUT2D eigenvalue weighted by Gasteiger charge is 2.20. The first-order chi connectivity index (χ1) is 10.2. The first-order valence-electron chi connectivity index (χ1n) is 7.39. The molecule has 1 saturated heterocycles. The fourth-order valence-corrected chi connectivity index (χ4v) is 2.76. The summed E-state index contributed by atoms with van der Waals surface area (Å²) in [6.07, 6.45) is 2.35. The second-order valence-electron chi connectivity index (χ2n) is 5.63. The van der Waals surface area contributed by atoms with Gasteiger partial charge in [-0.05, 0) is 30.9 Å². The van der Waals surface area contributed by atoms with Crippen molar-refractivity contribution in [2.24, 2.45) is 5.92 Å². The van der Waals surface area contributed by atoms with Crippen molar-refractivity contribution in [3.8, 4) is 0 Å². The van der Waals surface area contributed by atoms with Gasteiger partial charge in [-0.15, -0.1) is 0 Å². The molecule has 0 spiro atoms. The largest absolute Gasteiger partial charge is 0.381 e. The number of nitrogens with zero attached hydrogens (tertiary/aromatic N) is 2. The van der Waals surface area contributed by atoms with Crippen LogP contribution in [0.25, 0.3) is 11.0 Å². The SMILES string of the molecule is CN(CC1CCOCC1)C(=O)Cc1noc2ccccc12.